The highest BCUT2D eigenvalue weighted by Gasteiger charge is 2.50. The summed E-state index contributed by atoms with van der Waals surface area (Å²) in [7, 11) is 0. The van der Waals surface area contributed by atoms with Crippen LogP contribution in [0.15, 0.2) is 27.5 Å². The van der Waals surface area contributed by atoms with Crippen molar-refractivity contribution in [3.8, 4) is 0 Å². The van der Waals surface area contributed by atoms with E-state index < -0.39 is 35.8 Å². The normalized spacial score (nSPS) is 24.8. The van der Waals surface area contributed by atoms with Gasteiger partial charge in [-0.3, -0.25) is 14.6 Å². The molecular formula is C25H31N3O7. The first kappa shape index (κ1) is 24.7. The van der Waals surface area contributed by atoms with E-state index >= 15 is 0 Å². The number of esters is 2. The van der Waals surface area contributed by atoms with Gasteiger partial charge in [0.15, 0.2) is 0 Å². The van der Waals surface area contributed by atoms with E-state index in [-0.39, 0.29) is 36.1 Å². The number of dihydropyridines is 1. The number of nitrogens with one attached hydrogen (secondary N) is 1. The summed E-state index contributed by atoms with van der Waals surface area (Å²) in [5, 5.41) is 2.33. The van der Waals surface area contributed by atoms with Crippen LogP contribution in [-0.2, 0) is 42.6 Å². The van der Waals surface area contributed by atoms with Gasteiger partial charge in [0.25, 0.3) is 5.56 Å². The number of carbonyl (C=O) groups excluding carboxylic acids is 3. The third-order valence-electron chi connectivity index (χ3n) is 6.51. The number of carbonyl (C=O) groups is 3. The fraction of sp³-hybridized carbons (Fsp3) is 0.560. The topological polar surface area (TPSA) is 125 Å². The molecule has 3 unspecified atom stereocenters. The van der Waals surface area contributed by atoms with Crippen LogP contribution in [-0.4, -0.2) is 46.5 Å². The van der Waals surface area contributed by atoms with E-state index in [4.69, 9.17) is 19.2 Å². The number of hydrogen-bond donors (Lipinski definition) is 1. The van der Waals surface area contributed by atoms with Crippen molar-refractivity contribution in [3.63, 3.8) is 0 Å². The van der Waals surface area contributed by atoms with E-state index in [1.54, 1.807) is 38.3 Å². The number of rotatable bonds is 4. The Bertz CT molecular complexity index is 1220. The first-order valence-corrected chi connectivity index (χ1v) is 11.8. The molecule has 0 saturated heterocycles. The van der Waals surface area contributed by atoms with Crippen molar-refractivity contribution < 1.29 is 28.6 Å². The van der Waals surface area contributed by atoms with Crippen molar-refractivity contribution in [2.24, 2.45) is 10.9 Å². The second-order valence-electron chi connectivity index (χ2n) is 10.2. The molecule has 10 nitrogen and oxygen atoms in total. The van der Waals surface area contributed by atoms with Gasteiger partial charge in [-0.05, 0) is 51.7 Å². The van der Waals surface area contributed by atoms with E-state index in [0.29, 0.717) is 17.8 Å². The summed E-state index contributed by atoms with van der Waals surface area (Å²) in [6.07, 6.45) is 1.37. The molecule has 35 heavy (non-hydrogen) atoms. The number of ether oxygens (including phenoxy) is 3. The molecule has 0 fully saturated rings. The van der Waals surface area contributed by atoms with Gasteiger partial charge in [0, 0.05) is 5.56 Å². The van der Waals surface area contributed by atoms with Gasteiger partial charge in [-0.2, -0.15) is 0 Å². The second kappa shape index (κ2) is 8.66. The Balaban J connectivity index is 1.68. The second-order valence-corrected chi connectivity index (χ2v) is 10.2. The molecule has 1 N–H and O–H groups in total. The lowest BCUT2D eigenvalue weighted by atomic mass is 9.85. The van der Waals surface area contributed by atoms with Crippen LogP contribution >= 0.6 is 0 Å². The van der Waals surface area contributed by atoms with Gasteiger partial charge in [-0.15, -0.1) is 0 Å². The lowest BCUT2D eigenvalue weighted by Gasteiger charge is -2.35. The van der Waals surface area contributed by atoms with E-state index in [2.05, 4.69) is 18.3 Å². The summed E-state index contributed by atoms with van der Waals surface area (Å²) in [6.45, 7) is 10.5. The van der Waals surface area contributed by atoms with Crippen LogP contribution < -0.4 is 10.9 Å². The summed E-state index contributed by atoms with van der Waals surface area (Å²) in [5.74, 6) is -1.38. The molecule has 0 aliphatic carbocycles. The number of amides is 1. The number of aliphatic imine (C=N–C) groups is 1. The zero-order valence-corrected chi connectivity index (χ0v) is 20.9. The Kier molecular flexibility index (Phi) is 6.11. The van der Waals surface area contributed by atoms with Crippen molar-refractivity contribution >= 4 is 23.7 Å². The lowest BCUT2D eigenvalue weighted by molar-refractivity contribution is -0.188. The van der Waals surface area contributed by atoms with Crippen LogP contribution in [0.1, 0.15) is 64.8 Å². The Morgan fingerprint density at radius 1 is 1.29 bits per heavy atom. The molecule has 3 atom stereocenters. The number of allylic oxidation sites excluding steroid dienone is 1. The van der Waals surface area contributed by atoms with Crippen molar-refractivity contribution in [1.29, 1.82) is 0 Å². The van der Waals surface area contributed by atoms with Crippen LogP contribution in [0.4, 0.5) is 4.79 Å². The summed E-state index contributed by atoms with van der Waals surface area (Å²) in [6, 6.07) is 1.77. The molecule has 1 aromatic heterocycles. The number of nitrogens with zero attached hydrogens (tertiary/aromatic N) is 2. The average molecular weight is 486 g/mol. The van der Waals surface area contributed by atoms with Gasteiger partial charge < -0.3 is 24.1 Å². The molecule has 0 bridgehead atoms. The fourth-order valence-corrected chi connectivity index (χ4v) is 4.57. The van der Waals surface area contributed by atoms with Crippen molar-refractivity contribution in [1.82, 2.24) is 9.88 Å². The van der Waals surface area contributed by atoms with Crippen molar-refractivity contribution in [3.05, 3.63) is 44.9 Å². The molecular weight excluding hydrogens is 454 g/mol. The minimum Gasteiger partial charge on any atom is -0.457 e. The lowest BCUT2D eigenvalue weighted by Crippen LogP contribution is -2.49. The SMILES string of the molecule is CCC1(OC(=O)CNC(=O)OC(C)(C)C)C(=O)OCc2c1cc1n(c2=O)CC2=CC(C)C(C)N=C21. The van der Waals surface area contributed by atoms with Crippen LogP contribution in [0.3, 0.4) is 0 Å². The maximum atomic E-state index is 13.4. The van der Waals surface area contributed by atoms with Crippen molar-refractivity contribution in [2.45, 2.75) is 78.4 Å². The molecule has 0 radical (unpaired) electrons. The number of pyridine rings is 1. The molecule has 3 aliphatic heterocycles. The van der Waals surface area contributed by atoms with Crippen LogP contribution in [0.25, 0.3) is 0 Å². The number of aromatic nitrogens is 1. The van der Waals surface area contributed by atoms with E-state index in [1.807, 2.05) is 6.92 Å². The first-order valence-electron chi connectivity index (χ1n) is 11.8. The molecule has 0 spiro atoms. The quantitative estimate of drug-likeness (QED) is 0.513. The molecule has 3 aliphatic rings. The average Bonchev–Trinajstić information content (AvgIpc) is 3.11. The largest absolute Gasteiger partial charge is 0.457 e. The molecule has 4 heterocycles. The Labute approximate surface area is 203 Å². The third-order valence-corrected chi connectivity index (χ3v) is 6.51. The highest BCUT2D eigenvalue weighted by Crippen LogP contribution is 2.39. The molecule has 0 aromatic carbocycles. The van der Waals surface area contributed by atoms with Crippen LogP contribution in [0, 0.1) is 5.92 Å². The number of alkyl carbamates (subject to hydrolysis) is 1. The standard InChI is InChI=1S/C25H31N3O7/c1-7-25(34-19(29)10-26-23(32)35-24(4,5)6)17-9-18-20-15(8-13(2)14(3)27-20)11-28(18)21(30)16(17)12-33-22(25)31/h8-9,13-14H,7,10-12H2,1-6H3,(H,26,32). The zero-order valence-electron chi connectivity index (χ0n) is 20.9. The summed E-state index contributed by atoms with van der Waals surface area (Å²) >= 11 is 0. The minimum atomic E-state index is -1.81. The highest BCUT2D eigenvalue weighted by atomic mass is 16.6. The Morgan fingerprint density at radius 3 is 2.66 bits per heavy atom. The monoisotopic (exact) mass is 485 g/mol. The van der Waals surface area contributed by atoms with Gasteiger partial charge in [-0.1, -0.05) is 19.9 Å². The van der Waals surface area contributed by atoms with Crippen LogP contribution in [0.5, 0.6) is 0 Å². The van der Waals surface area contributed by atoms with Crippen molar-refractivity contribution in [2.75, 3.05) is 6.54 Å². The summed E-state index contributed by atoms with van der Waals surface area (Å²) < 4.78 is 17.7. The van der Waals surface area contributed by atoms with E-state index in [0.717, 1.165) is 11.3 Å². The smallest absolute Gasteiger partial charge is 0.408 e. The maximum absolute atomic E-state index is 13.4. The fourth-order valence-electron chi connectivity index (χ4n) is 4.57. The van der Waals surface area contributed by atoms with E-state index in [1.165, 1.54) is 0 Å². The minimum absolute atomic E-state index is 0.0442. The number of hydrogen-bond acceptors (Lipinski definition) is 8. The Hall–Kier alpha value is -3.43. The van der Waals surface area contributed by atoms with Gasteiger partial charge in [-0.25, -0.2) is 9.59 Å². The predicted molar refractivity (Wildman–Crippen MR) is 126 cm³/mol. The third kappa shape index (κ3) is 4.37. The van der Waals surface area contributed by atoms with Gasteiger partial charge in [0.05, 0.1) is 29.6 Å². The molecule has 0 saturated carbocycles. The molecule has 4 rings (SSSR count). The van der Waals surface area contributed by atoms with Crippen LogP contribution in [0.2, 0.25) is 0 Å². The maximum Gasteiger partial charge on any atom is 0.408 e. The van der Waals surface area contributed by atoms with Gasteiger partial charge in [0.2, 0.25) is 5.60 Å². The zero-order chi connectivity index (χ0) is 25.7. The summed E-state index contributed by atoms with van der Waals surface area (Å²) in [4.78, 5) is 55.9. The molecule has 188 valence electrons. The van der Waals surface area contributed by atoms with Gasteiger partial charge in [0.1, 0.15) is 18.8 Å². The highest BCUT2D eigenvalue weighted by molar-refractivity contribution is 6.14. The molecule has 10 heteroatoms. The summed E-state index contributed by atoms with van der Waals surface area (Å²) in [5.41, 5.74) is -0.0103. The number of fused-ring (bicyclic) bond motifs is 4. The van der Waals surface area contributed by atoms with Gasteiger partial charge >= 0.3 is 18.0 Å². The Morgan fingerprint density at radius 2 is 2.00 bits per heavy atom. The molecule has 1 amide bonds. The number of cyclic esters (lactones) is 1. The molecule has 1 aromatic rings. The first-order chi connectivity index (χ1) is 16.4. The predicted octanol–water partition coefficient (Wildman–Crippen LogP) is 2.35. The van der Waals surface area contributed by atoms with E-state index in [9.17, 15) is 19.2 Å².